The third-order valence-electron chi connectivity index (χ3n) is 2.79. The first kappa shape index (κ1) is 14.9. The van der Waals surface area contributed by atoms with Gasteiger partial charge in [0.25, 0.3) is 0 Å². The first-order chi connectivity index (χ1) is 7.11. The lowest BCUT2D eigenvalue weighted by Crippen LogP contribution is -2.37. The molecular weight excluding hydrogens is 190 g/mol. The van der Waals surface area contributed by atoms with Crippen molar-refractivity contribution < 1.29 is 9.84 Å². The Hall–Kier alpha value is -0.120. The van der Waals surface area contributed by atoms with Crippen molar-refractivity contribution >= 4 is 0 Å². The molecule has 0 aromatic heterocycles. The third-order valence-corrected chi connectivity index (χ3v) is 2.79. The van der Waals surface area contributed by atoms with Gasteiger partial charge in [0.2, 0.25) is 0 Å². The molecule has 92 valence electrons. The van der Waals surface area contributed by atoms with Gasteiger partial charge in [0.1, 0.15) is 0 Å². The second-order valence-electron chi connectivity index (χ2n) is 4.28. The standard InChI is InChI=1S/C12H27NO2/c1-5-7-8-15-10-12(14)9-13(4)11(3)6-2/h11-12,14H,5-10H2,1-4H3. The van der Waals surface area contributed by atoms with Crippen LogP contribution in [0.4, 0.5) is 0 Å². The summed E-state index contributed by atoms with van der Waals surface area (Å²) in [4.78, 5) is 2.17. The number of hydrogen-bond donors (Lipinski definition) is 1. The van der Waals surface area contributed by atoms with Gasteiger partial charge in [0.05, 0.1) is 12.7 Å². The number of nitrogens with zero attached hydrogens (tertiary/aromatic N) is 1. The third kappa shape index (κ3) is 7.77. The molecule has 0 heterocycles. The molecule has 0 radical (unpaired) electrons. The highest BCUT2D eigenvalue weighted by Gasteiger charge is 2.12. The molecule has 15 heavy (non-hydrogen) atoms. The molecule has 0 aromatic carbocycles. The lowest BCUT2D eigenvalue weighted by Gasteiger charge is -2.25. The van der Waals surface area contributed by atoms with Crippen LogP contribution in [-0.2, 0) is 4.74 Å². The maximum Gasteiger partial charge on any atom is 0.0900 e. The minimum Gasteiger partial charge on any atom is -0.389 e. The van der Waals surface area contributed by atoms with E-state index < -0.39 is 0 Å². The van der Waals surface area contributed by atoms with Crippen LogP contribution in [0.1, 0.15) is 40.0 Å². The highest BCUT2D eigenvalue weighted by Crippen LogP contribution is 2.01. The molecule has 0 aromatic rings. The van der Waals surface area contributed by atoms with Crippen LogP contribution in [0.25, 0.3) is 0 Å². The van der Waals surface area contributed by atoms with E-state index >= 15 is 0 Å². The fraction of sp³-hybridized carbons (Fsp3) is 1.00. The van der Waals surface area contributed by atoms with Crippen LogP contribution in [0, 0.1) is 0 Å². The van der Waals surface area contributed by atoms with E-state index in [1.54, 1.807) is 0 Å². The summed E-state index contributed by atoms with van der Waals surface area (Å²) in [6, 6.07) is 0.523. The number of aliphatic hydroxyl groups excluding tert-OH is 1. The first-order valence-electron chi connectivity index (χ1n) is 6.07. The monoisotopic (exact) mass is 217 g/mol. The van der Waals surface area contributed by atoms with Gasteiger partial charge in [-0.15, -0.1) is 0 Å². The predicted octanol–water partition coefficient (Wildman–Crippen LogP) is 1.89. The predicted molar refractivity (Wildman–Crippen MR) is 64.1 cm³/mol. The number of likely N-dealkylation sites (N-methyl/N-ethyl adjacent to an activating group) is 1. The van der Waals surface area contributed by atoms with E-state index in [1.165, 1.54) is 0 Å². The minimum atomic E-state index is -0.360. The molecule has 1 N–H and O–H groups in total. The maximum atomic E-state index is 9.70. The van der Waals surface area contributed by atoms with Crippen LogP contribution in [0.2, 0.25) is 0 Å². The lowest BCUT2D eigenvalue weighted by atomic mass is 10.2. The van der Waals surface area contributed by atoms with Crippen LogP contribution in [0.3, 0.4) is 0 Å². The number of hydrogen-bond acceptors (Lipinski definition) is 3. The number of unbranched alkanes of at least 4 members (excludes halogenated alkanes) is 1. The summed E-state index contributed by atoms with van der Waals surface area (Å²) in [5.74, 6) is 0. The Morgan fingerprint density at radius 2 is 2.00 bits per heavy atom. The van der Waals surface area contributed by atoms with Crippen LogP contribution < -0.4 is 0 Å². The van der Waals surface area contributed by atoms with Gasteiger partial charge in [-0.25, -0.2) is 0 Å². The van der Waals surface area contributed by atoms with E-state index in [2.05, 4.69) is 25.7 Å². The van der Waals surface area contributed by atoms with Crippen LogP contribution >= 0.6 is 0 Å². The molecule has 0 aliphatic rings. The molecule has 0 amide bonds. The second-order valence-corrected chi connectivity index (χ2v) is 4.28. The van der Waals surface area contributed by atoms with Crippen molar-refractivity contribution in [2.75, 3.05) is 26.8 Å². The van der Waals surface area contributed by atoms with E-state index in [-0.39, 0.29) is 6.10 Å². The van der Waals surface area contributed by atoms with Crippen molar-refractivity contribution in [3.63, 3.8) is 0 Å². The molecule has 0 saturated heterocycles. The number of aliphatic hydroxyl groups is 1. The summed E-state index contributed by atoms with van der Waals surface area (Å²) in [6.07, 6.45) is 2.97. The molecule has 2 atom stereocenters. The van der Waals surface area contributed by atoms with Crippen molar-refractivity contribution in [1.29, 1.82) is 0 Å². The van der Waals surface area contributed by atoms with Crippen molar-refractivity contribution in [2.45, 2.75) is 52.2 Å². The molecule has 0 aliphatic heterocycles. The SMILES string of the molecule is CCCCOCC(O)CN(C)C(C)CC. The Balaban J connectivity index is 3.50. The van der Waals surface area contributed by atoms with Crippen LogP contribution in [-0.4, -0.2) is 49.0 Å². The van der Waals surface area contributed by atoms with Gasteiger partial charge in [-0.3, -0.25) is 0 Å². The topological polar surface area (TPSA) is 32.7 Å². The average Bonchev–Trinajstić information content (AvgIpc) is 2.23. The quantitative estimate of drug-likeness (QED) is 0.599. The van der Waals surface area contributed by atoms with Crippen molar-refractivity contribution in [1.82, 2.24) is 4.90 Å². The highest BCUT2D eigenvalue weighted by atomic mass is 16.5. The second kappa shape index (κ2) is 9.13. The normalized spacial score (nSPS) is 15.6. The van der Waals surface area contributed by atoms with Gasteiger partial charge < -0.3 is 14.7 Å². The first-order valence-corrected chi connectivity index (χ1v) is 6.07. The van der Waals surface area contributed by atoms with Gasteiger partial charge in [0, 0.05) is 19.2 Å². The molecule has 3 nitrogen and oxygen atoms in total. The molecule has 0 aliphatic carbocycles. The Morgan fingerprint density at radius 1 is 1.33 bits per heavy atom. The molecular formula is C12H27NO2. The summed E-state index contributed by atoms with van der Waals surface area (Å²) in [7, 11) is 2.05. The van der Waals surface area contributed by atoms with Crippen molar-refractivity contribution in [2.24, 2.45) is 0 Å². The summed E-state index contributed by atoms with van der Waals surface area (Å²) in [5.41, 5.74) is 0. The van der Waals surface area contributed by atoms with E-state index in [4.69, 9.17) is 4.74 Å². The van der Waals surface area contributed by atoms with Gasteiger partial charge in [0.15, 0.2) is 0 Å². The molecule has 0 fully saturated rings. The summed E-state index contributed by atoms with van der Waals surface area (Å²) in [5, 5.41) is 9.70. The molecule has 2 unspecified atom stereocenters. The summed E-state index contributed by atoms with van der Waals surface area (Å²) < 4.78 is 5.37. The van der Waals surface area contributed by atoms with E-state index in [1.807, 2.05) is 7.05 Å². The highest BCUT2D eigenvalue weighted by molar-refractivity contribution is 4.66. The molecule has 0 spiro atoms. The molecule has 0 bridgehead atoms. The van der Waals surface area contributed by atoms with Gasteiger partial charge in [-0.1, -0.05) is 20.3 Å². The van der Waals surface area contributed by atoms with Crippen LogP contribution in [0.5, 0.6) is 0 Å². The largest absolute Gasteiger partial charge is 0.389 e. The Labute approximate surface area is 94.4 Å². The Kier molecular flexibility index (Phi) is 9.06. The zero-order valence-electron chi connectivity index (χ0n) is 10.7. The van der Waals surface area contributed by atoms with Gasteiger partial charge in [-0.2, -0.15) is 0 Å². The number of ether oxygens (including phenoxy) is 1. The lowest BCUT2D eigenvalue weighted by molar-refractivity contribution is 0.0143. The van der Waals surface area contributed by atoms with Gasteiger partial charge in [-0.05, 0) is 26.8 Å². The van der Waals surface area contributed by atoms with Crippen molar-refractivity contribution in [3.8, 4) is 0 Å². The Bertz CT molecular complexity index is 142. The zero-order chi connectivity index (χ0) is 11.7. The summed E-state index contributed by atoms with van der Waals surface area (Å²) in [6.45, 7) is 8.38. The fourth-order valence-electron chi connectivity index (χ4n) is 1.34. The molecule has 3 heteroatoms. The fourth-order valence-corrected chi connectivity index (χ4v) is 1.34. The molecule has 0 saturated carbocycles. The summed E-state index contributed by atoms with van der Waals surface area (Å²) >= 11 is 0. The molecule has 0 rings (SSSR count). The maximum absolute atomic E-state index is 9.70. The zero-order valence-corrected chi connectivity index (χ0v) is 10.7. The smallest absolute Gasteiger partial charge is 0.0900 e. The average molecular weight is 217 g/mol. The van der Waals surface area contributed by atoms with E-state index in [9.17, 15) is 5.11 Å². The number of rotatable bonds is 9. The Morgan fingerprint density at radius 3 is 2.53 bits per heavy atom. The van der Waals surface area contributed by atoms with Gasteiger partial charge >= 0.3 is 0 Å². The van der Waals surface area contributed by atoms with Crippen LogP contribution in [0.15, 0.2) is 0 Å². The van der Waals surface area contributed by atoms with E-state index in [0.29, 0.717) is 19.2 Å². The minimum absolute atomic E-state index is 0.360. The van der Waals surface area contributed by atoms with E-state index in [0.717, 1.165) is 25.9 Å². The van der Waals surface area contributed by atoms with Crippen molar-refractivity contribution in [3.05, 3.63) is 0 Å².